The number of hydrogen-bond acceptors (Lipinski definition) is 4. The van der Waals surface area contributed by atoms with E-state index in [4.69, 9.17) is 10.5 Å². The molecule has 1 saturated carbocycles. The zero-order chi connectivity index (χ0) is 19.8. The number of benzene rings is 1. The molecule has 6 nitrogen and oxygen atoms in total. The minimum Gasteiger partial charge on any atom is -0.484 e. The van der Waals surface area contributed by atoms with Crippen molar-refractivity contribution in [3.63, 3.8) is 0 Å². The lowest BCUT2D eigenvalue weighted by atomic mass is 9.83. The lowest BCUT2D eigenvalue weighted by Crippen LogP contribution is -2.52. The molecule has 1 aliphatic carbocycles. The van der Waals surface area contributed by atoms with Crippen molar-refractivity contribution in [1.29, 1.82) is 0 Å². The molecule has 2 aliphatic rings. The molecule has 0 spiro atoms. The van der Waals surface area contributed by atoms with Crippen molar-refractivity contribution in [2.75, 3.05) is 26.2 Å². The number of nitrogens with two attached hydrogens (primary N) is 1. The minimum absolute atomic E-state index is 0.00581. The Hall–Kier alpha value is -2.08. The summed E-state index contributed by atoms with van der Waals surface area (Å²) < 4.78 is 5.57. The van der Waals surface area contributed by atoms with Crippen LogP contribution in [0.1, 0.15) is 44.9 Å². The summed E-state index contributed by atoms with van der Waals surface area (Å²) in [7, 11) is 0. The van der Waals surface area contributed by atoms with E-state index in [9.17, 15) is 9.59 Å². The van der Waals surface area contributed by atoms with Crippen LogP contribution in [0.5, 0.6) is 5.75 Å². The number of carbonyl (C=O) groups is 2. The fourth-order valence-corrected chi connectivity index (χ4v) is 4.38. The normalized spacial score (nSPS) is 21.8. The van der Waals surface area contributed by atoms with Crippen molar-refractivity contribution in [2.45, 2.75) is 51.0 Å². The monoisotopic (exact) mass is 387 g/mol. The fraction of sp³-hybridized carbons (Fsp3) is 0.636. The molecule has 1 aromatic carbocycles. The number of carbonyl (C=O) groups excluding carboxylic acids is 2. The topological polar surface area (TPSA) is 84.7 Å². The second-order valence-corrected chi connectivity index (χ2v) is 8.03. The van der Waals surface area contributed by atoms with Gasteiger partial charge in [0, 0.05) is 25.7 Å². The van der Waals surface area contributed by atoms with Crippen molar-refractivity contribution in [3.05, 3.63) is 30.3 Å². The molecule has 3 rings (SSSR count). The molecule has 1 aliphatic heterocycles. The van der Waals surface area contributed by atoms with E-state index in [-0.39, 0.29) is 30.4 Å². The second kappa shape index (κ2) is 10.5. The number of para-hydroxylation sites is 1. The average molecular weight is 388 g/mol. The van der Waals surface area contributed by atoms with E-state index < -0.39 is 0 Å². The number of nitrogens with one attached hydrogen (secondary N) is 1. The molecule has 6 heteroatoms. The van der Waals surface area contributed by atoms with E-state index in [1.54, 1.807) is 4.90 Å². The highest BCUT2D eigenvalue weighted by atomic mass is 16.5. The second-order valence-electron chi connectivity index (χ2n) is 8.03. The van der Waals surface area contributed by atoms with Crippen molar-refractivity contribution < 1.29 is 14.3 Å². The zero-order valence-corrected chi connectivity index (χ0v) is 16.6. The van der Waals surface area contributed by atoms with Crippen LogP contribution in [-0.4, -0.2) is 49.0 Å². The summed E-state index contributed by atoms with van der Waals surface area (Å²) >= 11 is 0. The van der Waals surface area contributed by atoms with Crippen LogP contribution in [0.4, 0.5) is 0 Å². The summed E-state index contributed by atoms with van der Waals surface area (Å²) in [4.78, 5) is 27.1. The van der Waals surface area contributed by atoms with Crippen molar-refractivity contribution in [1.82, 2.24) is 10.2 Å². The number of nitrogens with zero attached hydrogens (tertiary/aromatic N) is 1. The molecular formula is C22H33N3O3. The number of rotatable bonds is 7. The molecule has 1 heterocycles. The van der Waals surface area contributed by atoms with Gasteiger partial charge in [0.05, 0.1) is 5.92 Å². The van der Waals surface area contributed by atoms with Crippen LogP contribution in [0.15, 0.2) is 30.3 Å². The van der Waals surface area contributed by atoms with E-state index in [1.807, 2.05) is 30.3 Å². The number of hydrogen-bond donors (Lipinski definition) is 2. The van der Waals surface area contributed by atoms with Crippen LogP contribution in [0.2, 0.25) is 0 Å². The van der Waals surface area contributed by atoms with Gasteiger partial charge in [0.15, 0.2) is 6.61 Å². The summed E-state index contributed by atoms with van der Waals surface area (Å²) in [5.41, 5.74) is 5.96. The van der Waals surface area contributed by atoms with Crippen LogP contribution in [-0.2, 0) is 9.59 Å². The van der Waals surface area contributed by atoms with Gasteiger partial charge in [-0.2, -0.15) is 0 Å². The minimum atomic E-state index is -0.160. The Morgan fingerprint density at radius 2 is 1.86 bits per heavy atom. The van der Waals surface area contributed by atoms with Gasteiger partial charge in [-0.3, -0.25) is 9.59 Å². The standard InChI is InChI=1S/C22H33N3O3/c23-14-20(17-8-3-1-4-9-17)24-22(27)18-10-7-13-25(15-18)21(26)16-28-19-11-5-2-6-12-19/h2,5-6,11-12,17-18,20H,1,3-4,7-10,13-16,23H2,(H,24,27). The summed E-state index contributed by atoms with van der Waals surface area (Å²) in [6, 6.07) is 9.38. The Balaban J connectivity index is 1.48. The Morgan fingerprint density at radius 3 is 2.57 bits per heavy atom. The van der Waals surface area contributed by atoms with Crippen LogP contribution < -0.4 is 15.8 Å². The van der Waals surface area contributed by atoms with Gasteiger partial charge in [0.1, 0.15) is 5.75 Å². The van der Waals surface area contributed by atoms with Crippen LogP contribution in [0.3, 0.4) is 0 Å². The predicted molar refractivity (Wildman–Crippen MR) is 109 cm³/mol. The van der Waals surface area contributed by atoms with Gasteiger partial charge in [0.25, 0.3) is 5.91 Å². The first-order valence-electron chi connectivity index (χ1n) is 10.6. The number of piperidine rings is 1. The molecule has 0 bridgehead atoms. The maximum atomic E-state index is 12.8. The first-order valence-corrected chi connectivity index (χ1v) is 10.6. The first-order chi connectivity index (χ1) is 13.7. The quantitative estimate of drug-likeness (QED) is 0.752. The zero-order valence-electron chi connectivity index (χ0n) is 16.6. The lowest BCUT2D eigenvalue weighted by Gasteiger charge is -2.35. The van der Waals surface area contributed by atoms with E-state index in [0.717, 1.165) is 25.7 Å². The smallest absolute Gasteiger partial charge is 0.260 e. The van der Waals surface area contributed by atoms with Crippen LogP contribution in [0.25, 0.3) is 0 Å². The maximum Gasteiger partial charge on any atom is 0.260 e. The summed E-state index contributed by atoms with van der Waals surface area (Å²) in [5.74, 6) is 0.988. The maximum absolute atomic E-state index is 12.8. The third kappa shape index (κ3) is 5.71. The van der Waals surface area contributed by atoms with Crippen LogP contribution in [0, 0.1) is 11.8 Å². The Kier molecular flexibility index (Phi) is 7.71. The Morgan fingerprint density at radius 1 is 1.11 bits per heavy atom. The van der Waals surface area contributed by atoms with E-state index >= 15 is 0 Å². The third-order valence-corrected chi connectivity index (χ3v) is 6.05. The summed E-state index contributed by atoms with van der Waals surface area (Å²) in [6.07, 6.45) is 7.69. The number of ether oxygens (including phenoxy) is 1. The van der Waals surface area contributed by atoms with Gasteiger partial charge in [-0.1, -0.05) is 37.5 Å². The molecule has 1 saturated heterocycles. The van der Waals surface area contributed by atoms with Crippen molar-refractivity contribution in [2.24, 2.45) is 17.6 Å². The largest absolute Gasteiger partial charge is 0.484 e. The SMILES string of the molecule is NCC(NC(=O)C1CCCN(C(=O)COc2ccccc2)C1)C1CCCCC1. The fourth-order valence-electron chi connectivity index (χ4n) is 4.38. The lowest BCUT2D eigenvalue weighted by molar-refractivity contribution is -0.137. The Labute approximate surface area is 167 Å². The summed E-state index contributed by atoms with van der Waals surface area (Å²) in [6.45, 7) is 1.64. The molecule has 154 valence electrons. The highest BCUT2D eigenvalue weighted by Gasteiger charge is 2.31. The number of likely N-dealkylation sites (tertiary alicyclic amines) is 1. The van der Waals surface area contributed by atoms with Gasteiger partial charge in [0.2, 0.25) is 5.91 Å². The van der Waals surface area contributed by atoms with Crippen LogP contribution >= 0.6 is 0 Å². The molecule has 3 N–H and O–H groups in total. The van der Waals surface area contributed by atoms with Gasteiger partial charge in [-0.15, -0.1) is 0 Å². The van der Waals surface area contributed by atoms with Gasteiger partial charge in [-0.05, 0) is 43.7 Å². The molecule has 2 fully saturated rings. The molecule has 2 atom stereocenters. The Bertz CT molecular complexity index is 631. The molecule has 0 aromatic heterocycles. The highest BCUT2D eigenvalue weighted by molar-refractivity contribution is 5.82. The van der Waals surface area contributed by atoms with E-state index in [1.165, 1.54) is 19.3 Å². The third-order valence-electron chi connectivity index (χ3n) is 6.05. The van der Waals surface area contributed by atoms with E-state index in [0.29, 0.717) is 31.3 Å². The van der Waals surface area contributed by atoms with E-state index in [2.05, 4.69) is 5.32 Å². The first kappa shape index (κ1) is 20.6. The molecule has 0 radical (unpaired) electrons. The highest BCUT2D eigenvalue weighted by Crippen LogP contribution is 2.27. The number of amides is 2. The van der Waals surface area contributed by atoms with Crippen molar-refractivity contribution in [3.8, 4) is 5.75 Å². The van der Waals surface area contributed by atoms with Gasteiger partial charge >= 0.3 is 0 Å². The van der Waals surface area contributed by atoms with Gasteiger partial charge in [-0.25, -0.2) is 0 Å². The molecular weight excluding hydrogens is 354 g/mol. The van der Waals surface area contributed by atoms with Crippen molar-refractivity contribution >= 4 is 11.8 Å². The molecule has 1 aromatic rings. The predicted octanol–water partition coefficient (Wildman–Crippen LogP) is 2.33. The average Bonchev–Trinajstić information content (AvgIpc) is 2.77. The summed E-state index contributed by atoms with van der Waals surface area (Å²) in [5, 5.41) is 3.19. The molecule has 28 heavy (non-hydrogen) atoms. The molecule has 2 amide bonds. The van der Waals surface area contributed by atoms with Gasteiger partial charge < -0.3 is 20.7 Å². The molecule has 2 unspecified atom stereocenters.